The minimum Gasteiger partial charge on any atom is -0.496 e. The summed E-state index contributed by atoms with van der Waals surface area (Å²) in [5, 5.41) is 0. The van der Waals surface area contributed by atoms with Crippen molar-refractivity contribution < 1.29 is 4.74 Å². The van der Waals surface area contributed by atoms with Crippen LogP contribution in [0, 0.1) is 13.8 Å². The summed E-state index contributed by atoms with van der Waals surface area (Å²) >= 11 is 0. The second kappa shape index (κ2) is 5.09. The Labute approximate surface area is 104 Å². The molecule has 0 saturated heterocycles. The van der Waals surface area contributed by atoms with Crippen molar-refractivity contribution in [2.45, 2.75) is 51.5 Å². The molecule has 0 aliphatic heterocycles. The predicted molar refractivity (Wildman–Crippen MR) is 71.7 cm³/mol. The summed E-state index contributed by atoms with van der Waals surface area (Å²) in [6.07, 6.45) is 4.78. The zero-order valence-corrected chi connectivity index (χ0v) is 11.1. The number of nitrogens with two attached hydrogens (primary N) is 1. The van der Waals surface area contributed by atoms with Gasteiger partial charge in [0.05, 0.1) is 7.11 Å². The van der Waals surface area contributed by atoms with Gasteiger partial charge in [-0.05, 0) is 68.2 Å². The molecular formula is C15H23NO. The molecule has 0 amide bonds. The van der Waals surface area contributed by atoms with E-state index < -0.39 is 0 Å². The molecule has 0 atom stereocenters. The highest BCUT2D eigenvalue weighted by atomic mass is 16.5. The fourth-order valence-corrected chi connectivity index (χ4v) is 2.91. The van der Waals surface area contributed by atoms with Gasteiger partial charge in [0.25, 0.3) is 0 Å². The molecule has 2 rings (SSSR count). The van der Waals surface area contributed by atoms with Gasteiger partial charge in [-0.25, -0.2) is 0 Å². The van der Waals surface area contributed by atoms with Gasteiger partial charge in [0.1, 0.15) is 5.75 Å². The maximum Gasteiger partial charge on any atom is 0.122 e. The summed E-state index contributed by atoms with van der Waals surface area (Å²) in [6.45, 7) is 4.36. The molecule has 1 aromatic carbocycles. The second-order valence-electron chi connectivity index (χ2n) is 5.22. The number of ether oxygens (including phenoxy) is 1. The first-order valence-electron chi connectivity index (χ1n) is 6.53. The van der Waals surface area contributed by atoms with Crippen LogP contribution in [0.4, 0.5) is 0 Å². The second-order valence-corrected chi connectivity index (χ2v) is 5.22. The van der Waals surface area contributed by atoms with Crippen molar-refractivity contribution in [2.75, 3.05) is 7.11 Å². The van der Waals surface area contributed by atoms with Gasteiger partial charge in [-0.3, -0.25) is 0 Å². The third-order valence-corrected chi connectivity index (χ3v) is 4.21. The molecule has 1 aromatic rings. The summed E-state index contributed by atoms with van der Waals surface area (Å²) in [7, 11) is 1.74. The third kappa shape index (κ3) is 2.47. The van der Waals surface area contributed by atoms with Crippen molar-refractivity contribution in [3.8, 4) is 5.75 Å². The van der Waals surface area contributed by atoms with Crippen LogP contribution in [0.1, 0.15) is 48.3 Å². The Kier molecular flexibility index (Phi) is 3.72. The van der Waals surface area contributed by atoms with Crippen LogP contribution in [0.15, 0.2) is 12.1 Å². The monoisotopic (exact) mass is 233 g/mol. The van der Waals surface area contributed by atoms with Crippen LogP contribution in [-0.4, -0.2) is 13.2 Å². The average molecular weight is 233 g/mol. The highest BCUT2D eigenvalue weighted by molar-refractivity contribution is 5.45. The highest BCUT2D eigenvalue weighted by Crippen LogP contribution is 2.36. The van der Waals surface area contributed by atoms with E-state index in [1.54, 1.807) is 7.11 Å². The van der Waals surface area contributed by atoms with Gasteiger partial charge in [0.15, 0.2) is 0 Å². The van der Waals surface area contributed by atoms with Crippen molar-refractivity contribution >= 4 is 0 Å². The molecule has 1 saturated carbocycles. The molecule has 1 fully saturated rings. The Bertz CT molecular complexity index is 392. The Hall–Kier alpha value is -1.02. The molecule has 0 bridgehead atoms. The summed E-state index contributed by atoms with van der Waals surface area (Å²) in [5.41, 5.74) is 10.1. The Morgan fingerprint density at radius 2 is 1.71 bits per heavy atom. The van der Waals surface area contributed by atoms with E-state index in [0.29, 0.717) is 12.0 Å². The molecule has 2 N–H and O–H groups in total. The van der Waals surface area contributed by atoms with Gasteiger partial charge < -0.3 is 10.5 Å². The fraction of sp³-hybridized carbons (Fsp3) is 0.600. The van der Waals surface area contributed by atoms with E-state index >= 15 is 0 Å². The first kappa shape index (κ1) is 12.4. The SMILES string of the molecule is COc1ccc(C2CCC(N)CC2)c(C)c1C. The van der Waals surface area contributed by atoms with E-state index in [9.17, 15) is 0 Å². The van der Waals surface area contributed by atoms with Crippen molar-refractivity contribution in [3.05, 3.63) is 28.8 Å². The quantitative estimate of drug-likeness (QED) is 0.850. The van der Waals surface area contributed by atoms with Crippen molar-refractivity contribution in [1.29, 1.82) is 0 Å². The number of hydrogen-bond donors (Lipinski definition) is 1. The van der Waals surface area contributed by atoms with Crippen LogP contribution in [0.25, 0.3) is 0 Å². The molecule has 1 aliphatic carbocycles. The van der Waals surface area contributed by atoms with Crippen molar-refractivity contribution in [2.24, 2.45) is 5.73 Å². The minimum absolute atomic E-state index is 0.422. The maximum absolute atomic E-state index is 5.97. The Morgan fingerprint density at radius 3 is 2.29 bits per heavy atom. The molecule has 0 heterocycles. The van der Waals surface area contributed by atoms with Crippen molar-refractivity contribution in [3.63, 3.8) is 0 Å². The normalized spacial score (nSPS) is 24.7. The minimum atomic E-state index is 0.422. The highest BCUT2D eigenvalue weighted by Gasteiger charge is 2.22. The maximum atomic E-state index is 5.97. The van der Waals surface area contributed by atoms with Gasteiger partial charge in [-0.2, -0.15) is 0 Å². The summed E-state index contributed by atoms with van der Waals surface area (Å²) in [5.74, 6) is 1.69. The third-order valence-electron chi connectivity index (χ3n) is 4.21. The summed E-state index contributed by atoms with van der Waals surface area (Å²) in [4.78, 5) is 0. The van der Waals surface area contributed by atoms with Crippen molar-refractivity contribution in [1.82, 2.24) is 0 Å². The Morgan fingerprint density at radius 1 is 1.06 bits per heavy atom. The van der Waals surface area contributed by atoms with Gasteiger partial charge in [0.2, 0.25) is 0 Å². The van der Waals surface area contributed by atoms with Crippen LogP contribution < -0.4 is 10.5 Å². The molecule has 0 radical (unpaired) electrons. The number of benzene rings is 1. The fourth-order valence-electron chi connectivity index (χ4n) is 2.91. The molecule has 0 spiro atoms. The molecule has 2 heteroatoms. The molecule has 94 valence electrons. The van der Waals surface area contributed by atoms with E-state index in [1.807, 2.05) is 0 Å². The van der Waals surface area contributed by atoms with E-state index in [4.69, 9.17) is 10.5 Å². The van der Waals surface area contributed by atoms with E-state index in [-0.39, 0.29) is 0 Å². The molecular weight excluding hydrogens is 210 g/mol. The number of hydrogen-bond acceptors (Lipinski definition) is 2. The molecule has 2 nitrogen and oxygen atoms in total. The zero-order chi connectivity index (χ0) is 12.4. The first-order chi connectivity index (χ1) is 8.13. The predicted octanol–water partition coefficient (Wildman–Crippen LogP) is 3.30. The van der Waals surface area contributed by atoms with Crippen LogP contribution in [-0.2, 0) is 0 Å². The zero-order valence-electron chi connectivity index (χ0n) is 11.1. The lowest BCUT2D eigenvalue weighted by Crippen LogP contribution is -2.26. The van der Waals surface area contributed by atoms with E-state index in [0.717, 1.165) is 18.6 Å². The first-order valence-corrected chi connectivity index (χ1v) is 6.53. The average Bonchev–Trinajstić information content (AvgIpc) is 2.34. The summed E-state index contributed by atoms with van der Waals surface area (Å²) in [6, 6.07) is 4.76. The van der Waals surface area contributed by atoms with Crippen LogP contribution in [0.5, 0.6) is 5.75 Å². The summed E-state index contributed by atoms with van der Waals surface area (Å²) < 4.78 is 5.37. The van der Waals surface area contributed by atoms with Gasteiger partial charge in [-0.1, -0.05) is 6.07 Å². The smallest absolute Gasteiger partial charge is 0.122 e. The lowest BCUT2D eigenvalue weighted by atomic mass is 9.80. The van der Waals surface area contributed by atoms with Crippen LogP contribution >= 0.6 is 0 Å². The topological polar surface area (TPSA) is 35.2 Å². The largest absolute Gasteiger partial charge is 0.496 e. The molecule has 0 aromatic heterocycles. The molecule has 1 aliphatic rings. The van der Waals surface area contributed by atoms with Gasteiger partial charge in [0, 0.05) is 6.04 Å². The van der Waals surface area contributed by atoms with Crippen LogP contribution in [0.3, 0.4) is 0 Å². The number of methoxy groups -OCH3 is 1. The lowest BCUT2D eigenvalue weighted by molar-refractivity contribution is 0.392. The van der Waals surface area contributed by atoms with Gasteiger partial charge in [-0.15, -0.1) is 0 Å². The molecule has 17 heavy (non-hydrogen) atoms. The van der Waals surface area contributed by atoms with Gasteiger partial charge >= 0.3 is 0 Å². The lowest BCUT2D eigenvalue weighted by Gasteiger charge is -2.28. The van der Waals surface area contributed by atoms with E-state index in [1.165, 1.54) is 29.5 Å². The number of rotatable bonds is 2. The van der Waals surface area contributed by atoms with Crippen LogP contribution in [0.2, 0.25) is 0 Å². The molecule has 0 unspecified atom stereocenters. The Balaban J connectivity index is 2.24. The standard InChI is InChI=1S/C15H23NO/c1-10-11(2)15(17-3)9-8-14(10)12-4-6-13(16)7-5-12/h8-9,12-13H,4-7,16H2,1-3H3. The van der Waals surface area contributed by atoms with E-state index in [2.05, 4.69) is 26.0 Å².